The van der Waals surface area contributed by atoms with E-state index in [4.69, 9.17) is 13.9 Å². The van der Waals surface area contributed by atoms with Crippen molar-refractivity contribution >= 4 is 11.0 Å². The van der Waals surface area contributed by atoms with Crippen LogP contribution in [0, 0.1) is 0 Å². The monoisotopic (exact) mass is 529 g/mol. The van der Waals surface area contributed by atoms with E-state index < -0.39 is 37.1 Å². The molecule has 206 valence electrons. The molecule has 0 bridgehead atoms. The second kappa shape index (κ2) is 12.2. The van der Waals surface area contributed by atoms with Gasteiger partial charge in [0.25, 0.3) is 0 Å². The van der Waals surface area contributed by atoms with Gasteiger partial charge in [-0.05, 0) is 49.3 Å². The minimum absolute atomic E-state index is 0.0313. The lowest BCUT2D eigenvalue weighted by atomic mass is 9.89. The molecule has 0 radical (unpaired) electrons. The van der Waals surface area contributed by atoms with E-state index in [-0.39, 0.29) is 33.3 Å². The van der Waals surface area contributed by atoms with Crippen molar-refractivity contribution in [2.45, 2.75) is 50.8 Å². The van der Waals surface area contributed by atoms with Gasteiger partial charge < -0.3 is 44.3 Å². The molecule has 1 fully saturated rings. The summed E-state index contributed by atoms with van der Waals surface area (Å²) in [6.45, 7) is 7.18. The quantitative estimate of drug-likeness (QED) is 0.246. The number of ether oxygens (including phenoxy) is 2. The number of aromatic hydroxyl groups is 1. The Balaban J connectivity index is 1.58. The predicted molar refractivity (Wildman–Crippen MR) is 140 cm³/mol. The van der Waals surface area contributed by atoms with Crippen molar-refractivity contribution in [1.82, 2.24) is 4.90 Å². The first-order valence-corrected chi connectivity index (χ1v) is 12.8. The van der Waals surface area contributed by atoms with Gasteiger partial charge in [-0.25, -0.2) is 0 Å². The topological polar surface area (TPSA) is 153 Å². The Kier molecular flexibility index (Phi) is 9.03. The van der Waals surface area contributed by atoms with Crippen LogP contribution >= 0.6 is 0 Å². The smallest absolute Gasteiger partial charge is 0.200 e. The van der Waals surface area contributed by atoms with Crippen molar-refractivity contribution in [2.75, 3.05) is 32.8 Å². The lowest BCUT2D eigenvalue weighted by Gasteiger charge is -2.40. The summed E-state index contributed by atoms with van der Waals surface area (Å²) in [6.07, 6.45) is -5.23. The van der Waals surface area contributed by atoms with E-state index in [1.807, 2.05) is 0 Å². The lowest BCUT2D eigenvalue weighted by molar-refractivity contribution is -0.231. The van der Waals surface area contributed by atoms with E-state index in [2.05, 4.69) is 18.7 Å². The fraction of sp³-hybridized carbons (Fsp3) is 0.464. The van der Waals surface area contributed by atoms with Crippen molar-refractivity contribution in [3.8, 4) is 22.6 Å². The number of fused-ring (bicyclic) bond motifs is 1. The number of aliphatic hydroxyl groups excluding tert-OH is 4. The zero-order valence-corrected chi connectivity index (χ0v) is 21.5. The summed E-state index contributed by atoms with van der Waals surface area (Å²) >= 11 is 0. The van der Waals surface area contributed by atoms with Crippen LogP contribution in [-0.4, -0.2) is 87.7 Å². The minimum Gasteiger partial charge on any atom is -0.507 e. The van der Waals surface area contributed by atoms with Gasteiger partial charge in [0.15, 0.2) is 0 Å². The Hall–Kier alpha value is -2.99. The van der Waals surface area contributed by atoms with Gasteiger partial charge >= 0.3 is 0 Å². The van der Waals surface area contributed by atoms with E-state index in [9.17, 15) is 30.3 Å². The molecule has 1 aliphatic heterocycles. The molecule has 0 saturated carbocycles. The molecule has 5 N–H and O–H groups in total. The van der Waals surface area contributed by atoms with Crippen LogP contribution < -0.4 is 10.2 Å². The SMILES string of the molecule is CCN(CC)CCCOc1ccc(-c2coc3c([C@@H]4O[C@H](CO)[C@@H](O)[C@H](O)[C@H]4O)c(O)ccc3c2=O)cc1. The summed E-state index contributed by atoms with van der Waals surface area (Å²) in [5.41, 5.74) is 0.437. The molecule has 0 aliphatic carbocycles. The van der Waals surface area contributed by atoms with Crippen LogP contribution in [0.3, 0.4) is 0 Å². The van der Waals surface area contributed by atoms with Crippen molar-refractivity contribution in [2.24, 2.45) is 0 Å². The van der Waals surface area contributed by atoms with E-state index in [0.29, 0.717) is 17.9 Å². The Labute approximate surface area is 220 Å². The average Bonchev–Trinajstić information content (AvgIpc) is 2.93. The summed E-state index contributed by atoms with van der Waals surface area (Å²) in [5, 5.41) is 51.1. The average molecular weight is 530 g/mol. The first kappa shape index (κ1) is 28.0. The van der Waals surface area contributed by atoms with Crippen LogP contribution in [0.25, 0.3) is 22.1 Å². The molecule has 5 atom stereocenters. The van der Waals surface area contributed by atoms with Gasteiger partial charge in [0.1, 0.15) is 53.9 Å². The maximum Gasteiger partial charge on any atom is 0.200 e. The normalized spacial score (nSPS) is 23.7. The van der Waals surface area contributed by atoms with Crippen LogP contribution in [0.5, 0.6) is 11.5 Å². The highest BCUT2D eigenvalue weighted by atomic mass is 16.5. The molecule has 2 aromatic carbocycles. The van der Waals surface area contributed by atoms with Gasteiger partial charge in [-0.1, -0.05) is 26.0 Å². The van der Waals surface area contributed by atoms with E-state index in [1.165, 1.54) is 18.4 Å². The molecular formula is C28H35NO9. The van der Waals surface area contributed by atoms with Gasteiger partial charge in [0.2, 0.25) is 5.43 Å². The molecule has 1 aliphatic rings. The Morgan fingerprint density at radius 3 is 2.34 bits per heavy atom. The third-order valence-electron chi connectivity index (χ3n) is 7.08. The Morgan fingerprint density at radius 1 is 0.974 bits per heavy atom. The molecule has 10 nitrogen and oxygen atoms in total. The molecule has 1 saturated heterocycles. The third kappa shape index (κ3) is 5.56. The molecule has 4 rings (SSSR count). The maximum atomic E-state index is 13.4. The van der Waals surface area contributed by atoms with Crippen molar-refractivity contribution in [3.05, 3.63) is 58.4 Å². The van der Waals surface area contributed by atoms with Gasteiger partial charge in [0, 0.05) is 6.54 Å². The number of rotatable bonds is 10. The van der Waals surface area contributed by atoms with Crippen LogP contribution in [0.2, 0.25) is 0 Å². The lowest BCUT2D eigenvalue weighted by Crippen LogP contribution is -2.55. The molecule has 3 aromatic rings. The van der Waals surface area contributed by atoms with E-state index >= 15 is 0 Å². The number of phenols is 1. The molecule has 1 aromatic heterocycles. The summed E-state index contributed by atoms with van der Waals surface area (Å²) in [7, 11) is 0. The van der Waals surface area contributed by atoms with E-state index in [1.54, 1.807) is 24.3 Å². The maximum absolute atomic E-state index is 13.4. The van der Waals surface area contributed by atoms with Crippen LogP contribution in [0.1, 0.15) is 31.9 Å². The second-order valence-corrected chi connectivity index (χ2v) is 9.36. The Morgan fingerprint density at radius 2 is 1.68 bits per heavy atom. The molecule has 38 heavy (non-hydrogen) atoms. The number of aliphatic hydroxyl groups is 4. The molecule has 0 amide bonds. The fourth-order valence-corrected chi connectivity index (χ4v) is 4.77. The highest BCUT2D eigenvalue weighted by Gasteiger charge is 2.45. The molecule has 0 unspecified atom stereocenters. The van der Waals surface area contributed by atoms with E-state index in [0.717, 1.165) is 26.1 Å². The first-order chi connectivity index (χ1) is 18.3. The number of hydrogen-bond acceptors (Lipinski definition) is 10. The Bertz CT molecular complexity index is 1270. The molecule has 2 heterocycles. The van der Waals surface area contributed by atoms with Gasteiger partial charge in [0.05, 0.1) is 29.7 Å². The van der Waals surface area contributed by atoms with Gasteiger partial charge in [-0.2, -0.15) is 0 Å². The highest BCUT2D eigenvalue weighted by Crippen LogP contribution is 2.40. The second-order valence-electron chi connectivity index (χ2n) is 9.36. The third-order valence-corrected chi connectivity index (χ3v) is 7.08. The summed E-state index contributed by atoms with van der Waals surface area (Å²) in [4.78, 5) is 15.7. The van der Waals surface area contributed by atoms with Gasteiger partial charge in [-0.15, -0.1) is 0 Å². The van der Waals surface area contributed by atoms with Crippen molar-refractivity contribution in [3.63, 3.8) is 0 Å². The molecule has 0 spiro atoms. The zero-order chi connectivity index (χ0) is 27.4. The fourth-order valence-electron chi connectivity index (χ4n) is 4.77. The number of nitrogens with zero attached hydrogens (tertiary/aromatic N) is 1. The molecular weight excluding hydrogens is 494 g/mol. The number of phenolic OH excluding ortho intramolecular Hbond substituents is 1. The zero-order valence-electron chi connectivity index (χ0n) is 21.5. The minimum atomic E-state index is -1.65. The van der Waals surface area contributed by atoms with Crippen LogP contribution in [-0.2, 0) is 4.74 Å². The first-order valence-electron chi connectivity index (χ1n) is 12.8. The van der Waals surface area contributed by atoms with Crippen molar-refractivity contribution < 1.29 is 39.4 Å². The largest absolute Gasteiger partial charge is 0.507 e. The summed E-state index contributed by atoms with van der Waals surface area (Å²) in [6, 6.07) is 9.77. The van der Waals surface area contributed by atoms with Crippen LogP contribution in [0.4, 0.5) is 0 Å². The summed E-state index contributed by atoms with van der Waals surface area (Å²) < 4.78 is 17.2. The predicted octanol–water partition coefficient (Wildman–Crippen LogP) is 1.79. The van der Waals surface area contributed by atoms with Gasteiger partial charge in [-0.3, -0.25) is 4.79 Å². The standard InChI is InChI=1S/C28H35NO9/c1-3-29(4-2)12-5-13-36-17-8-6-16(7-9-17)19-15-37-27-18(23(19)32)10-11-20(31)22(27)28-26(35)25(34)24(33)21(14-30)38-28/h6-11,15,21,24-26,28,30-31,33-35H,3-5,12-14H2,1-2H3/t21-,24-,25+,26-,28+/m1/s1. The molecule has 10 heteroatoms. The number of benzene rings is 2. The van der Waals surface area contributed by atoms with Crippen molar-refractivity contribution in [1.29, 1.82) is 0 Å². The number of hydrogen-bond donors (Lipinski definition) is 5. The summed E-state index contributed by atoms with van der Waals surface area (Å²) in [5.74, 6) is 0.355. The highest BCUT2D eigenvalue weighted by molar-refractivity contribution is 5.86. The van der Waals surface area contributed by atoms with Crippen LogP contribution in [0.15, 0.2) is 51.9 Å².